The van der Waals surface area contributed by atoms with Crippen molar-refractivity contribution in [1.82, 2.24) is 0 Å². The van der Waals surface area contributed by atoms with E-state index >= 15 is 0 Å². The van der Waals surface area contributed by atoms with Gasteiger partial charge in [-0.3, -0.25) is 0 Å². The molecular weight excluding hydrogens is 213 g/mol. The largest absolute Gasteiger partial charge is 0.538 e. The minimum absolute atomic E-state index is 0.311. The fourth-order valence-electron chi connectivity index (χ4n) is 0.445. The van der Waals surface area contributed by atoms with E-state index in [2.05, 4.69) is 8.37 Å². The van der Waals surface area contributed by atoms with Crippen LogP contribution in [0.5, 0.6) is 0 Å². The highest BCUT2D eigenvalue weighted by Crippen LogP contribution is 2.20. The maximum Gasteiger partial charge on any atom is 0.538 e. The molecule has 4 nitrogen and oxygen atoms in total. The summed E-state index contributed by atoms with van der Waals surface area (Å²) in [5, 5.41) is 0. The van der Waals surface area contributed by atoms with Crippen LogP contribution < -0.4 is 0 Å². The van der Waals surface area contributed by atoms with E-state index in [9.17, 15) is 21.6 Å². The van der Waals surface area contributed by atoms with E-state index in [0.717, 1.165) is 0 Å². The van der Waals surface area contributed by atoms with E-state index in [1.807, 2.05) is 0 Å². The van der Waals surface area contributed by atoms with Gasteiger partial charge in [-0.25, -0.2) is 4.18 Å². The number of rotatable bonds is 5. The van der Waals surface area contributed by atoms with Crippen molar-refractivity contribution in [2.24, 2.45) is 0 Å². The summed E-state index contributed by atoms with van der Waals surface area (Å²) in [6.07, 6.45) is -4.27. The summed E-state index contributed by atoms with van der Waals surface area (Å²) >= 11 is 0. The molecule has 0 N–H and O–H groups in total. The summed E-state index contributed by atoms with van der Waals surface area (Å²) in [6, 6.07) is 0. The smallest absolute Gasteiger partial charge is 0.248 e. The second-order valence-corrected chi connectivity index (χ2v) is 3.33. The molecule has 0 aromatic heterocycles. The standard InChI is InChI=1S/C5H9F3O4S/c1-2-3-4-11-13(9,10)12-5(6,7)8/h2-4H2,1H3. The van der Waals surface area contributed by atoms with Gasteiger partial charge >= 0.3 is 16.8 Å². The van der Waals surface area contributed by atoms with Crippen molar-refractivity contribution in [2.45, 2.75) is 26.1 Å². The van der Waals surface area contributed by atoms with Crippen LogP contribution in [0, 0.1) is 0 Å². The monoisotopic (exact) mass is 222 g/mol. The molecule has 0 saturated heterocycles. The molecule has 0 spiro atoms. The first kappa shape index (κ1) is 12.7. The Morgan fingerprint density at radius 2 is 1.85 bits per heavy atom. The molecule has 0 rings (SSSR count). The second kappa shape index (κ2) is 4.77. The summed E-state index contributed by atoms with van der Waals surface area (Å²) < 4.78 is 61.4. The van der Waals surface area contributed by atoms with E-state index in [-0.39, 0.29) is 6.61 Å². The number of alkyl halides is 3. The van der Waals surface area contributed by atoms with Crippen LogP contribution in [0.25, 0.3) is 0 Å². The average Bonchev–Trinajstić information content (AvgIpc) is 1.81. The van der Waals surface area contributed by atoms with Crippen molar-refractivity contribution in [2.75, 3.05) is 6.61 Å². The molecule has 13 heavy (non-hydrogen) atoms. The molecule has 0 aliphatic heterocycles. The minimum Gasteiger partial charge on any atom is -0.248 e. The van der Waals surface area contributed by atoms with Gasteiger partial charge in [-0.1, -0.05) is 13.3 Å². The Balaban J connectivity index is 3.96. The first-order valence-electron chi connectivity index (χ1n) is 3.43. The first-order chi connectivity index (χ1) is 5.77. The van der Waals surface area contributed by atoms with Gasteiger partial charge in [0.05, 0.1) is 6.61 Å². The predicted octanol–water partition coefficient (Wildman–Crippen LogP) is 1.58. The van der Waals surface area contributed by atoms with Crippen molar-refractivity contribution in [3.05, 3.63) is 0 Å². The van der Waals surface area contributed by atoms with Crippen LogP contribution in [-0.2, 0) is 18.8 Å². The maximum absolute atomic E-state index is 11.4. The van der Waals surface area contributed by atoms with Gasteiger partial charge in [0, 0.05) is 0 Å². The van der Waals surface area contributed by atoms with Crippen LogP contribution in [0.3, 0.4) is 0 Å². The third-order valence-corrected chi connectivity index (χ3v) is 1.77. The molecule has 0 unspecified atom stereocenters. The SMILES string of the molecule is CCCCOS(=O)(=O)OC(F)(F)F. The molecule has 0 aliphatic carbocycles. The van der Waals surface area contributed by atoms with E-state index in [1.54, 1.807) is 6.92 Å². The molecule has 0 amide bonds. The molecule has 80 valence electrons. The van der Waals surface area contributed by atoms with Crippen molar-refractivity contribution in [3.8, 4) is 0 Å². The van der Waals surface area contributed by atoms with E-state index < -0.39 is 16.8 Å². The summed E-state index contributed by atoms with van der Waals surface area (Å²) in [4.78, 5) is 0. The van der Waals surface area contributed by atoms with Gasteiger partial charge in [0.15, 0.2) is 0 Å². The van der Waals surface area contributed by atoms with Crippen LogP contribution in [-0.4, -0.2) is 21.4 Å². The lowest BCUT2D eigenvalue weighted by Crippen LogP contribution is -2.21. The minimum atomic E-state index is -5.23. The molecule has 0 fully saturated rings. The Hall–Kier alpha value is -0.340. The van der Waals surface area contributed by atoms with Gasteiger partial charge in [0.1, 0.15) is 0 Å². The highest BCUT2D eigenvalue weighted by molar-refractivity contribution is 7.81. The van der Waals surface area contributed by atoms with Crippen LogP contribution in [0.2, 0.25) is 0 Å². The number of hydrogen-bond acceptors (Lipinski definition) is 4. The zero-order chi connectivity index (χ0) is 10.5. The van der Waals surface area contributed by atoms with E-state index in [4.69, 9.17) is 0 Å². The van der Waals surface area contributed by atoms with Gasteiger partial charge in [-0.05, 0) is 6.42 Å². The van der Waals surface area contributed by atoms with Crippen molar-refractivity contribution < 1.29 is 30.0 Å². The number of unbranched alkanes of at least 4 members (excludes halogenated alkanes) is 1. The Bertz CT molecular complexity index is 233. The lowest BCUT2D eigenvalue weighted by molar-refractivity contribution is -0.275. The Morgan fingerprint density at radius 3 is 2.23 bits per heavy atom. The topological polar surface area (TPSA) is 52.6 Å². The Kier molecular flexibility index (Phi) is 4.65. The number of halogens is 3. The van der Waals surface area contributed by atoms with Gasteiger partial charge in [-0.15, -0.1) is 17.4 Å². The quantitative estimate of drug-likeness (QED) is 0.663. The predicted molar refractivity (Wildman–Crippen MR) is 36.9 cm³/mol. The molecule has 0 saturated carbocycles. The van der Waals surface area contributed by atoms with Gasteiger partial charge in [0.25, 0.3) is 0 Å². The third kappa shape index (κ3) is 8.00. The van der Waals surface area contributed by atoms with Crippen LogP contribution >= 0.6 is 0 Å². The summed E-state index contributed by atoms with van der Waals surface area (Å²) in [6.45, 7) is 1.43. The molecular formula is C5H9F3O4S. The highest BCUT2D eigenvalue weighted by Gasteiger charge is 2.37. The molecule has 8 heteroatoms. The van der Waals surface area contributed by atoms with Gasteiger partial charge < -0.3 is 0 Å². The zero-order valence-corrected chi connectivity index (χ0v) is 7.61. The maximum atomic E-state index is 11.4. The fourth-order valence-corrected chi connectivity index (χ4v) is 1.05. The molecule has 0 atom stereocenters. The van der Waals surface area contributed by atoms with Crippen LogP contribution in [0.4, 0.5) is 13.2 Å². The first-order valence-corrected chi connectivity index (χ1v) is 4.77. The van der Waals surface area contributed by atoms with Crippen molar-refractivity contribution >= 4 is 10.4 Å². The number of hydrogen-bond donors (Lipinski definition) is 0. The van der Waals surface area contributed by atoms with Crippen molar-refractivity contribution in [1.29, 1.82) is 0 Å². The highest BCUT2D eigenvalue weighted by atomic mass is 32.3. The van der Waals surface area contributed by atoms with Gasteiger partial charge in [-0.2, -0.15) is 8.42 Å². The molecule has 0 aromatic rings. The molecule has 0 heterocycles. The summed E-state index contributed by atoms with van der Waals surface area (Å²) in [5.74, 6) is 0. The van der Waals surface area contributed by atoms with E-state index in [0.29, 0.717) is 12.8 Å². The normalized spacial score (nSPS) is 13.2. The van der Waals surface area contributed by atoms with Crippen molar-refractivity contribution in [3.63, 3.8) is 0 Å². The lowest BCUT2D eigenvalue weighted by Gasteiger charge is -2.06. The summed E-state index contributed by atoms with van der Waals surface area (Å²) in [5.41, 5.74) is 0. The fraction of sp³-hybridized carbons (Fsp3) is 1.00. The Labute approximate surface area is 74.0 Å². The van der Waals surface area contributed by atoms with Crippen LogP contribution in [0.1, 0.15) is 19.8 Å². The van der Waals surface area contributed by atoms with Gasteiger partial charge in [0.2, 0.25) is 0 Å². The average molecular weight is 222 g/mol. The Morgan fingerprint density at radius 1 is 1.31 bits per heavy atom. The zero-order valence-electron chi connectivity index (χ0n) is 6.80. The lowest BCUT2D eigenvalue weighted by atomic mass is 10.4. The van der Waals surface area contributed by atoms with E-state index in [1.165, 1.54) is 0 Å². The molecule has 0 aromatic carbocycles. The third-order valence-electron chi connectivity index (χ3n) is 0.922. The molecule has 0 aliphatic rings. The molecule has 0 bridgehead atoms. The summed E-state index contributed by atoms with van der Waals surface area (Å²) in [7, 11) is -4.94. The second-order valence-electron chi connectivity index (χ2n) is 2.11. The molecule has 0 radical (unpaired) electrons. The van der Waals surface area contributed by atoms with Crippen LogP contribution in [0.15, 0.2) is 0 Å².